The van der Waals surface area contributed by atoms with Crippen LogP contribution in [0.1, 0.15) is 51.5 Å². The third kappa shape index (κ3) is 3.80. The Morgan fingerprint density at radius 2 is 2.12 bits per heavy atom. The molecule has 2 bridgehead atoms. The number of imide groups is 1. The molecular weight excluding hydrogens is 340 g/mol. The van der Waals surface area contributed by atoms with Gasteiger partial charge in [-0.15, -0.1) is 5.10 Å². The van der Waals surface area contributed by atoms with Crippen LogP contribution in [0.3, 0.4) is 0 Å². The molecule has 1 aromatic heterocycles. The lowest BCUT2D eigenvalue weighted by molar-refractivity contribution is -0.117. The summed E-state index contributed by atoms with van der Waals surface area (Å²) in [4.78, 5) is 24.1. The molecule has 136 valence electrons. The smallest absolute Gasteiger partial charge is 0.321 e. The first-order valence-electron chi connectivity index (χ1n) is 9.11. The van der Waals surface area contributed by atoms with E-state index in [4.69, 9.17) is 0 Å². The highest BCUT2D eigenvalue weighted by molar-refractivity contribution is 7.99. The zero-order valence-corrected chi connectivity index (χ0v) is 15.2. The van der Waals surface area contributed by atoms with Gasteiger partial charge in [0.2, 0.25) is 11.1 Å². The average Bonchev–Trinajstić information content (AvgIpc) is 3.00. The molecule has 1 heterocycles. The Labute approximate surface area is 150 Å². The molecule has 4 rings (SSSR count). The number of carbonyl (C=O) groups excluding carboxylic acids is 2. The van der Waals surface area contributed by atoms with Crippen molar-refractivity contribution in [3.05, 3.63) is 0 Å². The van der Waals surface area contributed by atoms with Crippen molar-refractivity contribution in [1.82, 2.24) is 30.8 Å². The van der Waals surface area contributed by atoms with Crippen LogP contribution in [0.5, 0.6) is 0 Å². The van der Waals surface area contributed by atoms with Crippen LogP contribution in [0.25, 0.3) is 0 Å². The van der Waals surface area contributed by atoms with Gasteiger partial charge in [-0.2, -0.15) is 0 Å². The highest BCUT2D eigenvalue weighted by Gasteiger charge is 2.42. The second-order valence-electron chi connectivity index (χ2n) is 7.57. The molecule has 25 heavy (non-hydrogen) atoms. The number of urea groups is 1. The third-order valence-corrected chi connectivity index (χ3v) is 6.67. The van der Waals surface area contributed by atoms with Crippen LogP contribution >= 0.6 is 11.8 Å². The minimum Gasteiger partial charge on any atom is -0.335 e. The molecular formula is C16H24N6O2S. The Morgan fingerprint density at radius 1 is 1.28 bits per heavy atom. The number of nitrogens with zero attached hydrogens (tertiary/aromatic N) is 4. The van der Waals surface area contributed by atoms with E-state index in [1.165, 1.54) is 37.4 Å². The normalized spacial score (nSPS) is 28.8. The standard InChI is InChI=1S/C16H24N6O2S/c1-9(13-7-10-2-3-11(13)6-10)17-15(24)18-14(23)8-25-16-19-20-21-22(16)12-4-5-12/h9-13H,2-8H2,1H3,(H2,17,18,23,24)/t9-,10-,11-,13+/m0/s1. The molecule has 3 amide bonds. The fraction of sp³-hybridized carbons (Fsp3) is 0.812. The summed E-state index contributed by atoms with van der Waals surface area (Å²) in [6.07, 6.45) is 7.30. The molecule has 0 aromatic carbocycles. The summed E-state index contributed by atoms with van der Waals surface area (Å²) in [5, 5.41) is 17.5. The number of aromatic nitrogens is 4. The summed E-state index contributed by atoms with van der Waals surface area (Å²) in [5.74, 6) is 1.94. The summed E-state index contributed by atoms with van der Waals surface area (Å²) in [7, 11) is 0. The van der Waals surface area contributed by atoms with Crippen molar-refractivity contribution in [2.75, 3.05) is 5.75 Å². The Kier molecular flexibility index (Phi) is 4.66. The number of tetrazole rings is 1. The topological polar surface area (TPSA) is 102 Å². The molecule has 4 atom stereocenters. The summed E-state index contributed by atoms with van der Waals surface area (Å²) < 4.78 is 1.76. The number of carbonyl (C=O) groups is 2. The van der Waals surface area contributed by atoms with Gasteiger partial charge in [0.1, 0.15) is 0 Å². The van der Waals surface area contributed by atoms with E-state index in [2.05, 4.69) is 26.2 Å². The largest absolute Gasteiger partial charge is 0.335 e. The molecule has 0 saturated heterocycles. The monoisotopic (exact) mass is 364 g/mol. The molecule has 3 fully saturated rings. The molecule has 3 saturated carbocycles. The first-order chi connectivity index (χ1) is 12.1. The van der Waals surface area contributed by atoms with E-state index in [0.29, 0.717) is 17.1 Å². The second-order valence-corrected chi connectivity index (χ2v) is 8.52. The van der Waals surface area contributed by atoms with Crippen LogP contribution in [0.2, 0.25) is 0 Å². The fourth-order valence-corrected chi connectivity index (χ4v) is 5.12. The highest BCUT2D eigenvalue weighted by atomic mass is 32.2. The molecule has 9 heteroatoms. The summed E-state index contributed by atoms with van der Waals surface area (Å²) >= 11 is 1.26. The third-order valence-electron chi connectivity index (χ3n) is 5.73. The maximum absolute atomic E-state index is 12.1. The molecule has 0 radical (unpaired) electrons. The number of hydrogen-bond donors (Lipinski definition) is 2. The lowest BCUT2D eigenvalue weighted by Crippen LogP contribution is -2.47. The van der Waals surface area contributed by atoms with Gasteiger partial charge in [0, 0.05) is 6.04 Å². The summed E-state index contributed by atoms with van der Waals surface area (Å²) in [6.45, 7) is 2.05. The van der Waals surface area contributed by atoms with Gasteiger partial charge < -0.3 is 5.32 Å². The van der Waals surface area contributed by atoms with Gasteiger partial charge in [-0.1, -0.05) is 18.2 Å². The average molecular weight is 364 g/mol. The number of nitrogens with one attached hydrogen (secondary N) is 2. The van der Waals surface area contributed by atoms with E-state index >= 15 is 0 Å². The lowest BCUT2D eigenvalue weighted by Gasteiger charge is -2.28. The van der Waals surface area contributed by atoms with Crippen molar-refractivity contribution >= 4 is 23.7 Å². The summed E-state index contributed by atoms with van der Waals surface area (Å²) in [6, 6.07) is 0.0760. The lowest BCUT2D eigenvalue weighted by atomic mass is 9.84. The van der Waals surface area contributed by atoms with Gasteiger partial charge in [0.25, 0.3) is 0 Å². The van der Waals surface area contributed by atoms with E-state index in [-0.39, 0.29) is 17.7 Å². The van der Waals surface area contributed by atoms with Gasteiger partial charge in [-0.3, -0.25) is 10.1 Å². The van der Waals surface area contributed by atoms with Gasteiger partial charge in [-0.05, 0) is 67.2 Å². The molecule has 3 aliphatic carbocycles. The molecule has 2 N–H and O–H groups in total. The SMILES string of the molecule is C[C@H](NC(=O)NC(=O)CSc1nnnn1C1CC1)[C@H]1C[C@H]2CC[C@H]1C2. The van der Waals surface area contributed by atoms with E-state index in [0.717, 1.165) is 24.7 Å². The number of hydrogen-bond acceptors (Lipinski definition) is 6. The first-order valence-corrected chi connectivity index (χ1v) is 10.1. The minimum absolute atomic E-state index is 0.109. The number of thioether (sulfide) groups is 1. The van der Waals surface area contributed by atoms with Crippen molar-refractivity contribution < 1.29 is 9.59 Å². The zero-order chi connectivity index (χ0) is 17.4. The van der Waals surface area contributed by atoms with E-state index < -0.39 is 6.03 Å². The van der Waals surface area contributed by atoms with Crippen LogP contribution in [0.4, 0.5) is 4.79 Å². The maximum atomic E-state index is 12.1. The molecule has 0 spiro atoms. The maximum Gasteiger partial charge on any atom is 0.321 e. The Balaban J connectivity index is 1.21. The number of fused-ring (bicyclic) bond motifs is 2. The van der Waals surface area contributed by atoms with Gasteiger partial charge in [0.05, 0.1) is 11.8 Å². The van der Waals surface area contributed by atoms with Crippen LogP contribution < -0.4 is 10.6 Å². The van der Waals surface area contributed by atoms with E-state index in [1.807, 2.05) is 6.92 Å². The molecule has 3 aliphatic rings. The van der Waals surface area contributed by atoms with Gasteiger partial charge >= 0.3 is 6.03 Å². The predicted molar refractivity (Wildman–Crippen MR) is 91.9 cm³/mol. The van der Waals surface area contributed by atoms with Crippen LogP contribution in [0.15, 0.2) is 5.16 Å². The number of rotatable bonds is 6. The van der Waals surface area contributed by atoms with Crippen LogP contribution in [0, 0.1) is 17.8 Å². The van der Waals surface area contributed by atoms with Crippen LogP contribution in [-0.4, -0.2) is 43.9 Å². The van der Waals surface area contributed by atoms with Gasteiger partial charge in [-0.25, -0.2) is 9.48 Å². The minimum atomic E-state index is -0.400. The van der Waals surface area contributed by atoms with Crippen molar-refractivity contribution in [2.24, 2.45) is 17.8 Å². The zero-order valence-electron chi connectivity index (χ0n) is 14.4. The second kappa shape index (κ2) is 6.93. The van der Waals surface area contributed by atoms with E-state index in [9.17, 15) is 9.59 Å². The van der Waals surface area contributed by atoms with Crippen LogP contribution in [-0.2, 0) is 4.79 Å². The molecule has 1 aromatic rings. The van der Waals surface area contributed by atoms with Crippen molar-refractivity contribution in [1.29, 1.82) is 0 Å². The Bertz CT molecular complexity index is 661. The fourth-order valence-electron chi connectivity index (χ4n) is 4.38. The van der Waals surface area contributed by atoms with Gasteiger partial charge in [0.15, 0.2) is 0 Å². The quantitative estimate of drug-likeness (QED) is 0.746. The molecule has 0 unspecified atom stereocenters. The number of amides is 3. The molecule has 8 nitrogen and oxygen atoms in total. The van der Waals surface area contributed by atoms with E-state index in [1.54, 1.807) is 4.68 Å². The predicted octanol–water partition coefficient (Wildman–Crippen LogP) is 1.75. The van der Waals surface area contributed by atoms with Crippen molar-refractivity contribution in [2.45, 2.75) is 62.7 Å². The molecule has 0 aliphatic heterocycles. The first kappa shape index (κ1) is 16.8. The highest BCUT2D eigenvalue weighted by Crippen LogP contribution is 2.49. The van der Waals surface area contributed by atoms with Crippen molar-refractivity contribution in [3.63, 3.8) is 0 Å². The Hall–Kier alpha value is -1.64. The summed E-state index contributed by atoms with van der Waals surface area (Å²) in [5.41, 5.74) is 0. The van der Waals surface area contributed by atoms with Crippen molar-refractivity contribution in [3.8, 4) is 0 Å². The Morgan fingerprint density at radius 3 is 2.80 bits per heavy atom.